The average molecular weight is 768 g/mol. The fraction of sp³-hybridized carbons (Fsp3) is 0.200. The van der Waals surface area contributed by atoms with Gasteiger partial charge in [-0.05, 0) is 65.7 Å². The molecule has 0 radical (unpaired) electrons. The molecule has 0 aliphatic rings. The summed E-state index contributed by atoms with van der Waals surface area (Å²) >= 11 is 0. The van der Waals surface area contributed by atoms with E-state index in [1.165, 1.54) is 16.5 Å². The van der Waals surface area contributed by atoms with E-state index in [2.05, 4.69) is 154 Å². The first-order chi connectivity index (χ1) is 21.1. The van der Waals surface area contributed by atoms with Gasteiger partial charge in [0.1, 0.15) is 5.82 Å². The van der Waals surface area contributed by atoms with Gasteiger partial charge in [0, 0.05) is 22.8 Å². The Morgan fingerprint density at radius 1 is 0.644 bits per heavy atom. The van der Waals surface area contributed by atoms with Crippen molar-refractivity contribution < 1.29 is 21.1 Å². The summed E-state index contributed by atoms with van der Waals surface area (Å²) in [4.78, 5) is 4.92. The minimum Gasteiger partial charge on any atom is -0.319 e. The normalized spacial score (nSPS) is 12.0. The van der Waals surface area contributed by atoms with Gasteiger partial charge in [-0.3, -0.25) is 4.68 Å². The van der Waals surface area contributed by atoms with Gasteiger partial charge in [-0.1, -0.05) is 81.7 Å². The zero-order valence-electron chi connectivity index (χ0n) is 26.5. The summed E-state index contributed by atoms with van der Waals surface area (Å²) in [5.74, 6) is 0.891. The third-order valence-corrected chi connectivity index (χ3v) is 9.14. The van der Waals surface area contributed by atoms with Gasteiger partial charge >= 0.3 is 21.1 Å². The summed E-state index contributed by atoms with van der Waals surface area (Å²) in [7, 11) is 0. The molecule has 0 spiro atoms. The fourth-order valence-electron chi connectivity index (χ4n) is 6.41. The minimum atomic E-state index is -0.355. The van der Waals surface area contributed by atoms with Gasteiger partial charge in [0.15, 0.2) is 0 Å². The molecule has 0 amide bonds. The molecule has 226 valence electrons. The Kier molecular flexibility index (Phi) is 7.91. The molecule has 0 aliphatic heterocycles. The van der Waals surface area contributed by atoms with Gasteiger partial charge in [-0.25, -0.2) is 4.98 Å². The van der Waals surface area contributed by atoms with Gasteiger partial charge in [0.25, 0.3) is 0 Å². The topological polar surface area (TPSA) is 35.6 Å². The molecule has 3 aromatic heterocycles. The van der Waals surface area contributed by atoms with Crippen molar-refractivity contribution in [3.8, 4) is 11.5 Å². The first kappa shape index (κ1) is 30.7. The summed E-state index contributed by atoms with van der Waals surface area (Å²) in [5.41, 5.74) is 9.31. The van der Waals surface area contributed by atoms with Crippen LogP contribution in [0.15, 0.2) is 109 Å². The average Bonchev–Trinajstić information content (AvgIpc) is 3.56. The van der Waals surface area contributed by atoms with Gasteiger partial charge in [-0.2, -0.15) is 52.6 Å². The maximum Gasteiger partial charge on any atom is 2.00 e. The monoisotopic (exact) mass is 767 g/mol. The van der Waals surface area contributed by atoms with E-state index in [4.69, 9.17) is 10.1 Å². The van der Waals surface area contributed by atoms with Gasteiger partial charge in [-0.15, -0.1) is 11.5 Å². The Bertz CT molecular complexity index is 2150. The Morgan fingerprint density at radius 2 is 1.38 bits per heavy atom. The standard InChI is InChI=1S/C40H36N4.Pt/c1-27-23-28(2)44(42-27)33-16-12-15-30(24-33)40(5,6)31-19-20-35-34-17-10-11-18-36(34)43(37(35)25-31)38-26-32(21-22-41-38)39(3,4)29-13-8-7-9-14-29;/h7-23,26H,1-6H3;/q-2;+2. The molecule has 0 saturated carbocycles. The van der Waals surface area contributed by atoms with Crippen LogP contribution >= 0.6 is 0 Å². The van der Waals surface area contributed by atoms with Crippen LogP contribution in [-0.2, 0) is 31.9 Å². The molecule has 4 aromatic carbocycles. The molecule has 4 nitrogen and oxygen atoms in total. The quantitative estimate of drug-likeness (QED) is 0.158. The van der Waals surface area contributed by atoms with Crippen molar-refractivity contribution in [2.75, 3.05) is 0 Å². The van der Waals surface area contributed by atoms with E-state index < -0.39 is 0 Å². The fourth-order valence-corrected chi connectivity index (χ4v) is 6.41. The van der Waals surface area contributed by atoms with Crippen LogP contribution in [0.25, 0.3) is 33.3 Å². The van der Waals surface area contributed by atoms with E-state index in [9.17, 15) is 0 Å². The SMILES string of the molecule is Cc1cc(C)n(-c2[c-]c(C(C)(C)c3[c-]c4c(cc3)c3ccccc3n4-c3cc(C(C)(C)c4ccccc4)ccn3)ccc2)n1.[Pt+2]. The molecule has 0 aliphatic carbocycles. The second-order valence-electron chi connectivity index (χ2n) is 12.8. The number of benzene rings is 4. The minimum absolute atomic E-state index is 0. The molecule has 5 heteroatoms. The number of aromatic nitrogens is 4. The first-order valence-corrected chi connectivity index (χ1v) is 15.2. The third kappa shape index (κ3) is 5.26. The van der Waals surface area contributed by atoms with Crippen molar-refractivity contribution in [1.82, 2.24) is 19.3 Å². The largest absolute Gasteiger partial charge is 2.00 e. The van der Waals surface area contributed by atoms with Crippen LogP contribution in [-0.4, -0.2) is 19.3 Å². The van der Waals surface area contributed by atoms with Crippen molar-refractivity contribution in [2.24, 2.45) is 0 Å². The van der Waals surface area contributed by atoms with Gasteiger partial charge in [0.2, 0.25) is 0 Å². The van der Waals surface area contributed by atoms with E-state index in [0.717, 1.165) is 50.4 Å². The summed E-state index contributed by atoms with van der Waals surface area (Å²) in [5, 5.41) is 7.05. The first-order valence-electron chi connectivity index (χ1n) is 15.2. The summed E-state index contributed by atoms with van der Waals surface area (Å²) < 4.78 is 4.24. The van der Waals surface area contributed by atoms with Crippen LogP contribution in [0.2, 0.25) is 0 Å². The van der Waals surface area contributed by atoms with E-state index in [1.54, 1.807) is 0 Å². The van der Waals surface area contributed by atoms with Crippen LogP contribution in [0.4, 0.5) is 0 Å². The van der Waals surface area contributed by atoms with Crippen molar-refractivity contribution in [2.45, 2.75) is 52.4 Å². The molecule has 0 bridgehead atoms. The number of para-hydroxylation sites is 1. The molecule has 7 aromatic rings. The zero-order chi connectivity index (χ0) is 30.6. The number of nitrogens with zero attached hydrogens (tertiary/aromatic N) is 4. The van der Waals surface area contributed by atoms with E-state index in [0.29, 0.717) is 0 Å². The van der Waals surface area contributed by atoms with Crippen molar-refractivity contribution in [1.29, 1.82) is 0 Å². The number of hydrogen-bond donors (Lipinski definition) is 0. The summed E-state index contributed by atoms with van der Waals surface area (Å²) in [6.07, 6.45) is 1.93. The second-order valence-corrected chi connectivity index (χ2v) is 12.8. The Morgan fingerprint density at radius 3 is 2.13 bits per heavy atom. The zero-order valence-corrected chi connectivity index (χ0v) is 28.8. The molecule has 0 atom stereocenters. The van der Waals surface area contributed by atoms with Crippen LogP contribution in [0.3, 0.4) is 0 Å². The van der Waals surface area contributed by atoms with Crippen molar-refractivity contribution in [3.63, 3.8) is 0 Å². The molecule has 0 fully saturated rings. The maximum absolute atomic E-state index is 4.92. The molecule has 0 unspecified atom stereocenters. The van der Waals surface area contributed by atoms with E-state index >= 15 is 0 Å². The molecule has 0 saturated heterocycles. The molecule has 0 N–H and O–H groups in total. The van der Waals surface area contributed by atoms with Gasteiger partial charge < -0.3 is 4.57 Å². The van der Waals surface area contributed by atoms with Crippen LogP contribution < -0.4 is 0 Å². The number of aryl methyl sites for hydroxylation is 2. The molecular formula is C40H36N4Pt. The number of fused-ring (bicyclic) bond motifs is 3. The predicted octanol–water partition coefficient (Wildman–Crippen LogP) is 9.23. The number of rotatable bonds is 6. The number of pyridine rings is 1. The Balaban J connectivity index is 0.00000357. The smallest absolute Gasteiger partial charge is 0.319 e. The van der Waals surface area contributed by atoms with E-state index in [1.807, 2.05) is 17.8 Å². The van der Waals surface area contributed by atoms with Crippen molar-refractivity contribution in [3.05, 3.63) is 155 Å². The molecule has 3 heterocycles. The van der Waals surface area contributed by atoms with Crippen LogP contribution in [0.1, 0.15) is 61.3 Å². The molecular weight excluding hydrogens is 732 g/mol. The van der Waals surface area contributed by atoms with Crippen molar-refractivity contribution >= 4 is 21.8 Å². The Labute approximate surface area is 280 Å². The molecule has 45 heavy (non-hydrogen) atoms. The summed E-state index contributed by atoms with van der Waals surface area (Å²) in [6, 6.07) is 44.0. The Hall–Kier alpha value is -4.27. The molecule has 7 rings (SSSR count). The second kappa shape index (κ2) is 11.6. The van der Waals surface area contributed by atoms with Crippen LogP contribution in [0.5, 0.6) is 0 Å². The van der Waals surface area contributed by atoms with E-state index in [-0.39, 0.29) is 31.9 Å². The third-order valence-electron chi connectivity index (χ3n) is 9.14. The summed E-state index contributed by atoms with van der Waals surface area (Å²) in [6.45, 7) is 13.1. The van der Waals surface area contributed by atoms with Gasteiger partial charge in [0.05, 0.1) is 5.69 Å². The maximum atomic E-state index is 4.92. The van der Waals surface area contributed by atoms with Crippen LogP contribution in [0, 0.1) is 26.0 Å². The predicted molar refractivity (Wildman–Crippen MR) is 180 cm³/mol. The number of hydrogen-bond acceptors (Lipinski definition) is 2.